The molecule has 0 aromatic rings. The molecule has 4 N–H and O–H groups in total. The van der Waals surface area contributed by atoms with Crippen LogP contribution in [0.4, 0.5) is 0 Å². The second-order valence-corrected chi connectivity index (χ2v) is 2.32. The Morgan fingerprint density at radius 3 is 2.44 bits per heavy atom. The molecule has 1 atom stereocenters. The molecular formula is C6H16NO2+. The molecule has 0 radical (unpaired) electrons. The van der Waals surface area contributed by atoms with Gasteiger partial charge >= 0.3 is 0 Å². The molecule has 0 saturated carbocycles. The summed E-state index contributed by atoms with van der Waals surface area (Å²) in [5, 5.41) is 8.92. The molecule has 0 unspecified atom stereocenters. The Balaban J connectivity index is 3.06. The SMILES string of the molecule is CC(C)OC[C@@H](O)C[NH3+]. The van der Waals surface area contributed by atoms with Crippen LogP contribution in [-0.2, 0) is 4.74 Å². The Morgan fingerprint density at radius 1 is 1.56 bits per heavy atom. The summed E-state index contributed by atoms with van der Waals surface area (Å²) in [7, 11) is 0. The van der Waals surface area contributed by atoms with Crippen molar-refractivity contribution in [3.05, 3.63) is 0 Å². The number of aliphatic hydroxyl groups is 1. The Labute approximate surface area is 55.8 Å². The second kappa shape index (κ2) is 4.73. The Bertz CT molecular complexity index is 66.1. The summed E-state index contributed by atoms with van der Waals surface area (Å²) in [6.45, 7) is 4.81. The average molecular weight is 134 g/mol. The lowest BCUT2D eigenvalue weighted by molar-refractivity contribution is -0.385. The Hall–Kier alpha value is -0.120. The molecule has 0 rings (SSSR count). The van der Waals surface area contributed by atoms with Crippen molar-refractivity contribution in [1.29, 1.82) is 0 Å². The lowest BCUT2D eigenvalue weighted by atomic mass is 10.4. The van der Waals surface area contributed by atoms with Gasteiger partial charge in [0.25, 0.3) is 0 Å². The summed E-state index contributed by atoms with van der Waals surface area (Å²) in [5.41, 5.74) is 3.53. The molecule has 0 aromatic carbocycles. The third kappa shape index (κ3) is 5.76. The molecule has 3 heteroatoms. The fourth-order valence-corrected chi connectivity index (χ4v) is 0.387. The van der Waals surface area contributed by atoms with Gasteiger partial charge in [-0.1, -0.05) is 0 Å². The average Bonchev–Trinajstić information content (AvgIpc) is 1.83. The van der Waals surface area contributed by atoms with E-state index in [1.807, 2.05) is 13.8 Å². The van der Waals surface area contributed by atoms with Crippen LogP contribution in [0, 0.1) is 0 Å². The van der Waals surface area contributed by atoms with Crippen LogP contribution < -0.4 is 5.73 Å². The van der Waals surface area contributed by atoms with Crippen LogP contribution in [0.15, 0.2) is 0 Å². The van der Waals surface area contributed by atoms with E-state index in [1.54, 1.807) is 0 Å². The predicted molar refractivity (Wildman–Crippen MR) is 34.8 cm³/mol. The zero-order valence-electron chi connectivity index (χ0n) is 6.13. The molecule has 0 aliphatic carbocycles. The van der Waals surface area contributed by atoms with Crippen LogP contribution in [-0.4, -0.2) is 30.5 Å². The van der Waals surface area contributed by atoms with Crippen molar-refractivity contribution in [2.75, 3.05) is 13.2 Å². The number of rotatable bonds is 4. The normalized spacial score (nSPS) is 14.3. The van der Waals surface area contributed by atoms with Gasteiger partial charge in [0.1, 0.15) is 12.6 Å². The lowest BCUT2D eigenvalue weighted by Crippen LogP contribution is -2.56. The van der Waals surface area contributed by atoms with E-state index in [-0.39, 0.29) is 6.10 Å². The molecule has 0 saturated heterocycles. The van der Waals surface area contributed by atoms with Gasteiger partial charge in [-0.05, 0) is 13.8 Å². The fraction of sp³-hybridized carbons (Fsp3) is 1.00. The molecule has 0 aliphatic rings. The summed E-state index contributed by atoms with van der Waals surface area (Å²) in [4.78, 5) is 0. The molecule has 0 aromatic heterocycles. The van der Waals surface area contributed by atoms with Gasteiger partial charge in [0.15, 0.2) is 0 Å². The van der Waals surface area contributed by atoms with Crippen molar-refractivity contribution in [1.82, 2.24) is 0 Å². The second-order valence-electron chi connectivity index (χ2n) is 2.32. The number of hydrogen-bond acceptors (Lipinski definition) is 2. The molecule has 0 spiro atoms. The van der Waals surface area contributed by atoms with Crippen molar-refractivity contribution in [2.45, 2.75) is 26.1 Å². The van der Waals surface area contributed by atoms with Gasteiger partial charge in [0.05, 0.1) is 12.7 Å². The van der Waals surface area contributed by atoms with E-state index in [0.717, 1.165) is 0 Å². The fourth-order valence-electron chi connectivity index (χ4n) is 0.387. The number of hydrogen-bond donors (Lipinski definition) is 2. The molecule has 0 aliphatic heterocycles. The Morgan fingerprint density at radius 2 is 2.11 bits per heavy atom. The van der Waals surface area contributed by atoms with Crippen molar-refractivity contribution in [2.24, 2.45) is 0 Å². The number of ether oxygens (including phenoxy) is 1. The van der Waals surface area contributed by atoms with Crippen LogP contribution in [0.3, 0.4) is 0 Å². The van der Waals surface area contributed by atoms with Gasteiger partial charge in [0.2, 0.25) is 0 Å². The zero-order valence-corrected chi connectivity index (χ0v) is 6.13. The maximum Gasteiger partial charge on any atom is 0.126 e. The van der Waals surface area contributed by atoms with E-state index in [1.165, 1.54) is 0 Å². The summed E-state index contributed by atoms with van der Waals surface area (Å²) < 4.78 is 5.10. The van der Waals surface area contributed by atoms with Crippen LogP contribution >= 0.6 is 0 Å². The molecule has 3 nitrogen and oxygen atoms in total. The number of aliphatic hydroxyl groups excluding tert-OH is 1. The topological polar surface area (TPSA) is 57.1 Å². The van der Waals surface area contributed by atoms with Gasteiger partial charge in [-0.2, -0.15) is 0 Å². The highest BCUT2D eigenvalue weighted by molar-refractivity contribution is 4.48. The summed E-state index contributed by atoms with van der Waals surface area (Å²) in [6.07, 6.45) is -0.196. The highest BCUT2D eigenvalue weighted by atomic mass is 16.5. The van der Waals surface area contributed by atoms with Crippen LogP contribution in [0.5, 0.6) is 0 Å². The molecular weight excluding hydrogens is 118 g/mol. The highest BCUT2D eigenvalue weighted by Gasteiger charge is 2.03. The van der Waals surface area contributed by atoms with Crippen molar-refractivity contribution in [3.63, 3.8) is 0 Å². The third-order valence-corrected chi connectivity index (χ3v) is 0.955. The third-order valence-electron chi connectivity index (χ3n) is 0.955. The predicted octanol–water partition coefficient (Wildman–Crippen LogP) is -0.986. The first-order valence-electron chi connectivity index (χ1n) is 3.25. The molecule has 0 amide bonds. The van der Waals surface area contributed by atoms with E-state index in [0.29, 0.717) is 13.2 Å². The molecule has 9 heavy (non-hydrogen) atoms. The van der Waals surface area contributed by atoms with Crippen molar-refractivity contribution < 1.29 is 15.6 Å². The van der Waals surface area contributed by atoms with Gasteiger partial charge in [0, 0.05) is 0 Å². The zero-order chi connectivity index (χ0) is 7.28. The van der Waals surface area contributed by atoms with E-state index in [9.17, 15) is 0 Å². The van der Waals surface area contributed by atoms with Gasteiger partial charge < -0.3 is 15.6 Å². The molecule has 0 heterocycles. The first-order chi connectivity index (χ1) is 4.16. The van der Waals surface area contributed by atoms with Crippen LogP contribution in [0.2, 0.25) is 0 Å². The lowest BCUT2D eigenvalue weighted by Gasteiger charge is -2.09. The number of quaternary nitrogens is 1. The minimum absolute atomic E-state index is 0.200. The first kappa shape index (κ1) is 8.88. The van der Waals surface area contributed by atoms with Gasteiger partial charge in [-0.3, -0.25) is 0 Å². The van der Waals surface area contributed by atoms with Crippen molar-refractivity contribution >= 4 is 0 Å². The van der Waals surface area contributed by atoms with Crippen LogP contribution in [0.25, 0.3) is 0 Å². The molecule has 0 fully saturated rings. The quantitative estimate of drug-likeness (QED) is 0.519. The summed E-state index contributed by atoms with van der Waals surface area (Å²) in [6, 6.07) is 0. The van der Waals surface area contributed by atoms with E-state index in [2.05, 4.69) is 5.73 Å². The first-order valence-corrected chi connectivity index (χ1v) is 3.25. The summed E-state index contributed by atoms with van der Waals surface area (Å²) >= 11 is 0. The minimum atomic E-state index is -0.396. The molecule has 56 valence electrons. The maximum absolute atomic E-state index is 8.92. The largest absolute Gasteiger partial charge is 0.385 e. The Kier molecular flexibility index (Phi) is 4.67. The highest BCUT2D eigenvalue weighted by Crippen LogP contribution is 1.88. The molecule has 0 bridgehead atoms. The monoisotopic (exact) mass is 134 g/mol. The maximum atomic E-state index is 8.92. The smallest absolute Gasteiger partial charge is 0.126 e. The van der Waals surface area contributed by atoms with E-state index < -0.39 is 6.10 Å². The summed E-state index contributed by atoms with van der Waals surface area (Å²) in [5.74, 6) is 0. The standard InChI is InChI=1S/C6H15NO2/c1-5(2)9-4-6(8)3-7/h5-6,8H,3-4,7H2,1-2H3/p+1/t6-/m0/s1. The van der Waals surface area contributed by atoms with Crippen LogP contribution in [0.1, 0.15) is 13.8 Å². The van der Waals surface area contributed by atoms with E-state index >= 15 is 0 Å². The van der Waals surface area contributed by atoms with E-state index in [4.69, 9.17) is 9.84 Å². The van der Waals surface area contributed by atoms with Gasteiger partial charge in [-0.15, -0.1) is 0 Å². The van der Waals surface area contributed by atoms with Gasteiger partial charge in [-0.25, -0.2) is 0 Å². The minimum Gasteiger partial charge on any atom is -0.385 e. The van der Waals surface area contributed by atoms with Crippen molar-refractivity contribution in [3.8, 4) is 0 Å².